The van der Waals surface area contributed by atoms with Crippen LogP contribution in [-0.4, -0.2) is 9.52 Å². The second-order valence-corrected chi connectivity index (χ2v) is 7.72. The Balaban J connectivity index is 2.14. The van der Waals surface area contributed by atoms with Crippen molar-refractivity contribution in [2.75, 3.05) is 0 Å². The van der Waals surface area contributed by atoms with Gasteiger partial charge in [0.1, 0.15) is 0 Å². The van der Waals surface area contributed by atoms with Crippen LogP contribution in [0.5, 0.6) is 0 Å². The molecule has 0 nitrogen and oxygen atoms in total. The first kappa shape index (κ1) is 16.3. The summed E-state index contributed by atoms with van der Waals surface area (Å²) in [4.78, 5) is 0. The van der Waals surface area contributed by atoms with Crippen molar-refractivity contribution < 1.29 is 0 Å². The minimum Gasteiger partial charge on any atom is -0.0807 e. The Kier molecular flexibility index (Phi) is 6.50. The van der Waals surface area contributed by atoms with Crippen LogP contribution < -0.4 is 0 Å². The molecule has 0 spiro atoms. The molecule has 0 aromatic heterocycles. The van der Waals surface area contributed by atoms with Crippen LogP contribution in [0.4, 0.5) is 0 Å². The van der Waals surface area contributed by atoms with Gasteiger partial charge in [0.15, 0.2) is 0 Å². The van der Waals surface area contributed by atoms with E-state index in [1.165, 1.54) is 56.1 Å². The van der Waals surface area contributed by atoms with Crippen LogP contribution in [0.15, 0.2) is 41.1 Å². The Bertz CT molecular complexity index is 505. The number of aryl methyl sites for hydroxylation is 1. The zero-order valence-electron chi connectivity index (χ0n) is 14.0. The van der Waals surface area contributed by atoms with E-state index in [9.17, 15) is 0 Å². The highest BCUT2D eigenvalue weighted by Crippen LogP contribution is 2.36. The van der Waals surface area contributed by atoms with Crippen LogP contribution in [0.2, 0.25) is 6.55 Å². The van der Waals surface area contributed by atoms with Crippen LogP contribution in [-0.2, 0) is 6.42 Å². The van der Waals surface area contributed by atoms with E-state index in [1.54, 1.807) is 16.3 Å². The Morgan fingerprint density at radius 3 is 2.24 bits per heavy atom. The molecular formula is C20H30Si. The largest absolute Gasteiger partial charge is 0.0807 e. The maximum atomic E-state index is 2.48. The van der Waals surface area contributed by atoms with Crippen molar-refractivity contribution in [2.45, 2.75) is 65.3 Å². The fourth-order valence-electron chi connectivity index (χ4n) is 3.21. The molecule has 0 amide bonds. The lowest BCUT2D eigenvalue weighted by molar-refractivity contribution is 0.794. The minimum atomic E-state index is -0.0132. The Morgan fingerprint density at radius 1 is 0.952 bits per heavy atom. The molecule has 0 aliphatic heterocycles. The molecule has 1 aliphatic rings. The SMILES string of the molecule is CCCCC1=C([SiH2]C)CC=C1c1ccc(CCCC)cc1. The van der Waals surface area contributed by atoms with Crippen molar-refractivity contribution >= 4 is 15.1 Å². The highest BCUT2D eigenvalue weighted by atomic mass is 28.2. The molecule has 0 atom stereocenters. The van der Waals surface area contributed by atoms with Gasteiger partial charge in [-0.25, -0.2) is 0 Å². The molecular weight excluding hydrogens is 268 g/mol. The van der Waals surface area contributed by atoms with E-state index in [-0.39, 0.29) is 9.52 Å². The van der Waals surface area contributed by atoms with Gasteiger partial charge in [-0.3, -0.25) is 0 Å². The van der Waals surface area contributed by atoms with Crippen LogP contribution in [0.3, 0.4) is 0 Å². The van der Waals surface area contributed by atoms with Crippen molar-refractivity contribution in [3.8, 4) is 0 Å². The first-order valence-corrected chi connectivity index (χ1v) is 10.9. The quantitative estimate of drug-likeness (QED) is 0.558. The van der Waals surface area contributed by atoms with Crippen LogP contribution in [0.1, 0.15) is 63.5 Å². The summed E-state index contributed by atoms with van der Waals surface area (Å²) in [5.41, 5.74) is 6.18. The molecule has 1 aliphatic carbocycles. The van der Waals surface area contributed by atoms with E-state index >= 15 is 0 Å². The molecule has 0 radical (unpaired) electrons. The second kappa shape index (κ2) is 8.38. The van der Waals surface area contributed by atoms with Crippen molar-refractivity contribution in [3.63, 3.8) is 0 Å². The summed E-state index contributed by atoms with van der Waals surface area (Å²) < 4.78 is 0. The predicted octanol–water partition coefficient (Wildman–Crippen LogP) is 5.48. The maximum absolute atomic E-state index is 2.48. The third-order valence-electron chi connectivity index (χ3n) is 4.60. The van der Waals surface area contributed by atoms with E-state index in [0.29, 0.717) is 0 Å². The molecule has 1 aromatic carbocycles. The average molecular weight is 299 g/mol. The van der Waals surface area contributed by atoms with Crippen LogP contribution in [0, 0.1) is 0 Å². The molecule has 0 unspecified atom stereocenters. The van der Waals surface area contributed by atoms with Gasteiger partial charge in [0.25, 0.3) is 0 Å². The highest BCUT2D eigenvalue weighted by Gasteiger charge is 2.17. The van der Waals surface area contributed by atoms with E-state index in [4.69, 9.17) is 0 Å². The molecule has 0 saturated carbocycles. The fraction of sp³-hybridized carbons (Fsp3) is 0.500. The number of allylic oxidation sites excluding steroid dienone is 4. The molecule has 2 rings (SSSR count). The summed E-state index contributed by atoms with van der Waals surface area (Å²) in [6, 6.07) is 9.38. The molecule has 21 heavy (non-hydrogen) atoms. The van der Waals surface area contributed by atoms with Crippen LogP contribution >= 0.6 is 0 Å². The summed E-state index contributed by atoms with van der Waals surface area (Å²) in [5.74, 6) is 0. The van der Waals surface area contributed by atoms with Crippen LogP contribution in [0.25, 0.3) is 5.57 Å². The summed E-state index contributed by atoms with van der Waals surface area (Å²) >= 11 is 0. The number of rotatable bonds is 8. The van der Waals surface area contributed by atoms with E-state index in [1.807, 2.05) is 0 Å². The zero-order valence-corrected chi connectivity index (χ0v) is 15.5. The van der Waals surface area contributed by atoms with E-state index in [0.717, 1.165) is 0 Å². The summed E-state index contributed by atoms with van der Waals surface area (Å²) in [5, 5.41) is 1.80. The predicted molar refractivity (Wildman–Crippen MR) is 98.6 cm³/mol. The lowest BCUT2D eigenvalue weighted by atomic mass is 9.95. The third kappa shape index (κ3) is 4.20. The van der Waals surface area contributed by atoms with Gasteiger partial charge < -0.3 is 0 Å². The second-order valence-electron chi connectivity index (χ2n) is 6.16. The molecule has 1 heteroatoms. The van der Waals surface area contributed by atoms with Gasteiger partial charge in [0.05, 0.1) is 0 Å². The molecule has 0 bridgehead atoms. The summed E-state index contributed by atoms with van der Waals surface area (Å²) in [6.07, 6.45) is 11.4. The maximum Gasteiger partial charge on any atom is 0.0473 e. The van der Waals surface area contributed by atoms with Crippen molar-refractivity contribution in [1.82, 2.24) is 0 Å². The van der Waals surface area contributed by atoms with Crippen molar-refractivity contribution in [2.24, 2.45) is 0 Å². The molecule has 114 valence electrons. The fourth-order valence-corrected chi connectivity index (χ4v) is 4.44. The Hall–Kier alpha value is -1.08. The standard InChI is InChI=1S/C20H30Si/c1-4-6-8-16-10-12-17(13-11-16)18-14-15-20(21-3)19(18)9-7-5-2/h10-14H,4-9,15,21H2,1-3H3. The average Bonchev–Trinajstić information content (AvgIpc) is 2.94. The van der Waals surface area contributed by atoms with Gasteiger partial charge >= 0.3 is 0 Å². The molecule has 1 aromatic rings. The summed E-state index contributed by atoms with van der Waals surface area (Å²) in [7, 11) is -0.0132. The number of benzene rings is 1. The minimum absolute atomic E-state index is 0.0132. The van der Waals surface area contributed by atoms with Gasteiger partial charge in [0, 0.05) is 9.52 Å². The third-order valence-corrected chi connectivity index (χ3v) is 6.16. The highest BCUT2D eigenvalue weighted by molar-refractivity contribution is 6.44. The molecule has 0 N–H and O–H groups in total. The molecule has 0 heterocycles. The normalized spacial score (nSPS) is 15.3. The Morgan fingerprint density at radius 2 is 1.62 bits per heavy atom. The molecule has 0 fully saturated rings. The van der Waals surface area contributed by atoms with Gasteiger partial charge in [-0.05, 0) is 54.4 Å². The smallest absolute Gasteiger partial charge is 0.0473 e. The van der Waals surface area contributed by atoms with Gasteiger partial charge in [0.2, 0.25) is 0 Å². The zero-order chi connectivity index (χ0) is 15.1. The molecule has 0 saturated heterocycles. The first-order chi connectivity index (χ1) is 10.3. The van der Waals surface area contributed by atoms with Gasteiger partial charge in [-0.2, -0.15) is 0 Å². The lowest BCUT2D eigenvalue weighted by Crippen LogP contribution is -1.95. The number of hydrogen-bond acceptors (Lipinski definition) is 0. The number of hydrogen-bond donors (Lipinski definition) is 0. The van der Waals surface area contributed by atoms with Crippen molar-refractivity contribution in [3.05, 3.63) is 52.2 Å². The monoisotopic (exact) mass is 298 g/mol. The Labute approximate surface area is 133 Å². The lowest BCUT2D eigenvalue weighted by Gasteiger charge is -2.12. The van der Waals surface area contributed by atoms with E-state index < -0.39 is 0 Å². The first-order valence-electron chi connectivity index (χ1n) is 8.80. The van der Waals surface area contributed by atoms with Gasteiger partial charge in [-0.1, -0.05) is 68.8 Å². The van der Waals surface area contributed by atoms with Gasteiger partial charge in [-0.15, -0.1) is 0 Å². The van der Waals surface area contributed by atoms with E-state index in [2.05, 4.69) is 50.7 Å². The number of unbranched alkanes of at least 4 members (excludes halogenated alkanes) is 2. The topological polar surface area (TPSA) is 0 Å². The van der Waals surface area contributed by atoms with Crippen molar-refractivity contribution in [1.29, 1.82) is 0 Å². The summed E-state index contributed by atoms with van der Waals surface area (Å²) in [6.45, 7) is 7.00.